The van der Waals surface area contributed by atoms with E-state index in [4.69, 9.17) is 16.3 Å². The molecule has 0 radical (unpaired) electrons. The Balaban J connectivity index is 1.63. The number of carbonyl (C=O) groups excluding carboxylic acids is 1. The summed E-state index contributed by atoms with van der Waals surface area (Å²) in [5, 5.41) is 1.18. The molecule has 0 spiro atoms. The SMILES string of the molecule is CS(=O)(=O)Nc1ccc(F)c(C(=O)Oc2cc3cc(-c4ccc(Cl)cc4)cnc3[nH]2)c1F. The number of hydrogen-bond acceptors (Lipinski definition) is 5. The minimum absolute atomic E-state index is 0.0916. The predicted molar refractivity (Wildman–Crippen MR) is 116 cm³/mol. The van der Waals surface area contributed by atoms with Gasteiger partial charge in [-0.1, -0.05) is 23.7 Å². The van der Waals surface area contributed by atoms with E-state index >= 15 is 0 Å². The summed E-state index contributed by atoms with van der Waals surface area (Å²) in [6, 6.07) is 12.0. The summed E-state index contributed by atoms with van der Waals surface area (Å²) in [6.07, 6.45) is 2.40. The molecule has 0 unspecified atom stereocenters. The number of aromatic amines is 1. The van der Waals surface area contributed by atoms with Gasteiger partial charge in [0.1, 0.15) is 17.0 Å². The third kappa shape index (κ3) is 4.56. The van der Waals surface area contributed by atoms with Gasteiger partial charge in [0.15, 0.2) is 5.82 Å². The van der Waals surface area contributed by atoms with Crippen molar-refractivity contribution >= 4 is 44.3 Å². The van der Waals surface area contributed by atoms with E-state index in [1.54, 1.807) is 24.4 Å². The number of aromatic nitrogens is 2. The molecule has 32 heavy (non-hydrogen) atoms. The summed E-state index contributed by atoms with van der Waals surface area (Å²) in [6.45, 7) is 0. The van der Waals surface area contributed by atoms with Crippen molar-refractivity contribution < 1.29 is 26.7 Å². The van der Waals surface area contributed by atoms with E-state index < -0.39 is 38.9 Å². The molecule has 0 aliphatic rings. The number of hydrogen-bond donors (Lipinski definition) is 2. The summed E-state index contributed by atoms with van der Waals surface area (Å²) in [7, 11) is -3.85. The lowest BCUT2D eigenvalue weighted by Crippen LogP contribution is -2.17. The van der Waals surface area contributed by atoms with Crippen molar-refractivity contribution in [1.29, 1.82) is 0 Å². The van der Waals surface area contributed by atoms with Crippen molar-refractivity contribution in [2.75, 3.05) is 11.0 Å². The van der Waals surface area contributed by atoms with Gasteiger partial charge in [-0.15, -0.1) is 0 Å². The molecule has 164 valence electrons. The van der Waals surface area contributed by atoms with E-state index in [1.807, 2.05) is 16.9 Å². The number of anilines is 1. The van der Waals surface area contributed by atoms with E-state index in [0.29, 0.717) is 16.1 Å². The number of fused-ring (bicyclic) bond motifs is 1. The fraction of sp³-hybridized carbons (Fsp3) is 0.0476. The molecule has 0 saturated heterocycles. The van der Waals surface area contributed by atoms with Crippen molar-refractivity contribution in [1.82, 2.24) is 9.97 Å². The largest absolute Gasteiger partial charge is 0.406 e. The Labute approximate surface area is 186 Å². The second-order valence-electron chi connectivity index (χ2n) is 6.85. The Kier molecular flexibility index (Phi) is 5.57. The number of ether oxygens (including phenoxy) is 1. The quantitative estimate of drug-likeness (QED) is 0.404. The van der Waals surface area contributed by atoms with Crippen LogP contribution < -0.4 is 9.46 Å². The molecule has 0 amide bonds. The average Bonchev–Trinajstić information content (AvgIpc) is 3.11. The number of H-pyrrole nitrogens is 1. The van der Waals surface area contributed by atoms with Gasteiger partial charge >= 0.3 is 5.97 Å². The van der Waals surface area contributed by atoms with Gasteiger partial charge in [0.2, 0.25) is 15.9 Å². The zero-order chi connectivity index (χ0) is 23.0. The first-order chi connectivity index (χ1) is 15.1. The molecule has 0 bridgehead atoms. The van der Waals surface area contributed by atoms with Gasteiger partial charge in [0.05, 0.1) is 11.9 Å². The number of esters is 1. The van der Waals surface area contributed by atoms with Crippen LogP contribution >= 0.6 is 11.6 Å². The van der Waals surface area contributed by atoms with Gasteiger partial charge in [-0.25, -0.2) is 27.0 Å². The zero-order valence-corrected chi connectivity index (χ0v) is 17.9. The maximum atomic E-state index is 14.6. The van der Waals surface area contributed by atoms with Crippen molar-refractivity contribution in [3.05, 3.63) is 76.9 Å². The van der Waals surface area contributed by atoms with Crippen LogP contribution in [0.4, 0.5) is 14.5 Å². The number of nitrogens with one attached hydrogen (secondary N) is 2. The molecule has 2 N–H and O–H groups in total. The summed E-state index contributed by atoms with van der Waals surface area (Å²) in [4.78, 5) is 19.4. The maximum absolute atomic E-state index is 14.6. The topological polar surface area (TPSA) is 101 Å². The molecule has 2 aromatic carbocycles. The molecular weight excluding hydrogens is 464 g/mol. The lowest BCUT2D eigenvalue weighted by atomic mass is 10.1. The van der Waals surface area contributed by atoms with E-state index in [2.05, 4.69) is 9.97 Å². The highest BCUT2D eigenvalue weighted by Crippen LogP contribution is 2.28. The number of nitrogens with zero attached hydrogens (tertiary/aromatic N) is 1. The molecule has 2 aromatic heterocycles. The lowest BCUT2D eigenvalue weighted by molar-refractivity contribution is 0.0719. The molecule has 0 fully saturated rings. The van der Waals surface area contributed by atoms with Crippen molar-refractivity contribution in [3.63, 3.8) is 0 Å². The summed E-state index contributed by atoms with van der Waals surface area (Å²) < 4.78 is 58.4. The monoisotopic (exact) mass is 477 g/mol. The van der Waals surface area contributed by atoms with E-state index in [-0.39, 0.29) is 5.88 Å². The molecule has 4 rings (SSSR count). The van der Waals surface area contributed by atoms with Gasteiger partial charge < -0.3 is 9.72 Å². The summed E-state index contributed by atoms with van der Waals surface area (Å²) in [5.74, 6) is -4.03. The maximum Gasteiger partial charge on any atom is 0.350 e. The zero-order valence-electron chi connectivity index (χ0n) is 16.3. The number of rotatable bonds is 5. The molecule has 4 aromatic rings. The van der Waals surface area contributed by atoms with E-state index in [1.165, 1.54) is 6.07 Å². The van der Waals surface area contributed by atoms with E-state index in [0.717, 1.165) is 29.5 Å². The highest BCUT2D eigenvalue weighted by atomic mass is 35.5. The van der Waals surface area contributed by atoms with Crippen LogP contribution in [0.5, 0.6) is 5.88 Å². The normalized spacial score (nSPS) is 11.5. The third-order valence-electron chi connectivity index (χ3n) is 4.42. The molecule has 0 aliphatic heterocycles. The Bertz CT molecular complexity index is 1450. The molecule has 0 saturated carbocycles. The number of benzene rings is 2. The van der Waals surface area contributed by atoms with Crippen LogP contribution in [-0.2, 0) is 10.0 Å². The van der Waals surface area contributed by atoms with Crippen LogP contribution in [0.2, 0.25) is 5.02 Å². The van der Waals surface area contributed by atoms with Gasteiger partial charge in [0, 0.05) is 28.2 Å². The number of halogens is 3. The summed E-state index contributed by atoms with van der Waals surface area (Å²) in [5.41, 5.74) is 0.420. The standard InChI is InChI=1S/C21H14ClF2N3O4S/c1-32(29,30)27-16-7-6-15(23)18(19(16)24)21(28)31-17-9-12-8-13(10-25-20(12)26-17)11-2-4-14(22)5-3-11/h2-10,27H,1H3,(H,25,26). The fourth-order valence-corrected chi connectivity index (χ4v) is 3.70. The molecule has 0 atom stereocenters. The van der Waals surface area contributed by atoms with Crippen molar-refractivity contribution in [2.45, 2.75) is 0 Å². The van der Waals surface area contributed by atoms with Crippen LogP contribution in [0, 0.1) is 11.6 Å². The summed E-state index contributed by atoms with van der Waals surface area (Å²) >= 11 is 5.90. The lowest BCUT2D eigenvalue weighted by Gasteiger charge is -2.09. The number of carbonyl (C=O) groups is 1. The van der Waals surface area contributed by atoms with Gasteiger partial charge in [-0.2, -0.15) is 0 Å². The second kappa shape index (κ2) is 8.21. The van der Waals surface area contributed by atoms with Crippen LogP contribution in [0.1, 0.15) is 10.4 Å². The Morgan fingerprint density at radius 3 is 2.50 bits per heavy atom. The van der Waals surface area contributed by atoms with Crippen molar-refractivity contribution in [3.8, 4) is 17.0 Å². The van der Waals surface area contributed by atoms with Crippen LogP contribution in [0.25, 0.3) is 22.2 Å². The molecule has 0 aliphatic carbocycles. The molecule has 2 heterocycles. The molecular formula is C21H14ClF2N3O4S. The first-order valence-electron chi connectivity index (χ1n) is 9.03. The number of pyridine rings is 1. The third-order valence-corrected chi connectivity index (χ3v) is 5.26. The fourth-order valence-electron chi connectivity index (χ4n) is 3.01. The number of sulfonamides is 1. The Morgan fingerprint density at radius 2 is 1.81 bits per heavy atom. The first kappa shape index (κ1) is 21.7. The Morgan fingerprint density at radius 1 is 1.09 bits per heavy atom. The van der Waals surface area contributed by atoms with Crippen molar-refractivity contribution in [2.24, 2.45) is 0 Å². The second-order valence-corrected chi connectivity index (χ2v) is 9.03. The molecule has 11 heteroatoms. The Hall–Kier alpha value is -3.50. The minimum Gasteiger partial charge on any atom is -0.406 e. The predicted octanol–water partition coefficient (Wildman–Crippen LogP) is 4.75. The molecule has 7 nitrogen and oxygen atoms in total. The first-order valence-corrected chi connectivity index (χ1v) is 11.3. The van der Waals surface area contributed by atoms with Gasteiger partial charge in [-0.3, -0.25) is 4.72 Å². The highest BCUT2D eigenvalue weighted by Gasteiger charge is 2.24. The minimum atomic E-state index is -3.85. The van der Waals surface area contributed by atoms with E-state index in [9.17, 15) is 22.0 Å². The van der Waals surface area contributed by atoms with Crippen LogP contribution in [0.15, 0.2) is 54.7 Å². The van der Waals surface area contributed by atoms with Gasteiger partial charge in [-0.05, 0) is 35.9 Å². The van der Waals surface area contributed by atoms with Gasteiger partial charge in [0.25, 0.3) is 0 Å². The van der Waals surface area contributed by atoms with Crippen LogP contribution in [0.3, 0.4) is 0 Å². The highest BCUT2D eigenvalue weighted by molar-refractivity contribution is 7.92. The average molecular weight is 478 g/mol. The smallest absolute Gasteiger partial charge is 0.350 e. The van der Waals surface area contributed by atoms with Crippen LogP contribution in [-0.4, -0.2) is 30.6 Å².